The molecule has 0 unspecified atom stereocenters. The number of aromatic nitrogens is 4. The fourth-order valence-electron chi connectivity index (χ4n) is 3.82. The molecule has 0 amide bonds. The van der Waals surface area contributed by atoms with Crippen molar-refractivity contribution in [3.8, 4) is 28.6 Å². The molecule has 0 atom stereocenters. The van der Waals surface area contributed by atoms with E-state index in [0.717, 1.165) is 11.3 Å². The second kappa shape index (κ2) is 9.42. The van der Waals surface area contributed by atoms with Crippen LogP contribution in [0.5, 0.6) is 17.2 Å². The van der Waals surface area contributed by atoms with Crippen LogP contribution in [0, 0.1) is 0 Å². The Balaban J connectivity index is 1.30. The first-order chi connectivity index (χ1) is 17.7. The summed E-state index contributed by atoms with van der Waals surface area (Å²) in [5.41, 5.74) is 1.12. The number of hydrogen-bond donors (Lipinski definition) is 0. The van der Waals surface area contributed by atoms with Gasteiger partial charge in [-0.15, -0.1) is 0 Å². The maximum atomic E-state index is 13.5. The van der Waals surface area contributed by atoms with E-state index in [1.165, 1.54) is 11.8 Å². The molecule has 0 saturated carbocycles. The Hall–Kier alpha value is -4.25. The van der Waals surface area contributed by atoms with Gasteiger partial charge in [0.15, 0.2) is 16.7 Å². The fourth-order valence-corrected chi connectivity index (χ4v) is 4.66. The molecule has 1 aliphatic rings. The van der Waals surface area contributed by atoms with Gasteiger partial charge >= 0.3 is 0 Å². The van der Waals surface area contributed by atoms with E-state index in [9.17, 15) is 4.79 Å². The van der Waals surface area contributed by atoms with E-state index < -0.39 is 0 Å². The van der Waals surface area contributed by atoms with Gasteiger partial charge in [0.05, 0.1) is 36.1 Å². The van der Waals surface area contributed by atoms with E-state index in [1.54, 1.807) is 29.0 Å². The Kier molecular flexibility index (Phi) is 5.82. The second-order valence-corrected chi connectivity index (χ2v) is 8.79. The molecule has 0 N–H and O–H groups in total. The van der Waals surface area contributed by atoms with Crippen LogP contribution >= 0.6 is 11.8 Å². The van der Waals surface area contributed by atoms with Crippen LogP contribution in [0.3, 0.4) is 0 Å². The third kappa shape index (κ3) is 4.29. The molecule has 0 spiro atoms. The molecule has 1 aliphatic heterocycles. The molecule has 4 heterocycles. The van der Waals surface area contributed by atoms with Crippen LogP contribution in [-0.2, 0) is 12.3 Å². The molecule has 11 heteroatoms. The van der Waals surface area contributed by atoms with E-state index in [0.29, 0.717) is 57.4 Å². The molecule has 0 aliphatic carbocycles. The summed E-state index contributed by atoms with van der Waals surface area (Å²) < 4.78 is 28.9. The lowest BCUT2D eigenvalue weighted by atomic mass is 10.2. The first kappa shape index (κ1) is 22.2. The summed E-state index contributed by atoms with van der Waals surface area (Å²) in [7, 11) is 0. The minimum atomic E-state index is -0.210. The topological polar surface area (TPSA) is 115 Å². The average Bonchev–Trinajstić information content (AvgIpc) is 3.67. The van der Waals surface area contributed by atoms with E-state index in [4.69, 9.17) is 28.1 Å². The monoisotopic (exact) mass is 504 g/mol. The molecule has 6 rings (SSSR count). The van der Waals surface area contributed by atoms with Gasteiger partial charge in [0.2, 0.25) is 18.5 Å². The van der Waals surface area contributed by atoms with Gasteiger partial charge in [0.25, 0.3) is 5.56 Å². The number of thioether (sulfide) groups is 1. The lowest BCUT2D eigenvalue weighted by Crippen LogP contribution is -2.23. The van der Waals surface area contributed by atoms with Gasteiger partial charge in [-0.3, -0.25) is 9.36 Å². The Morgan fingerprint density at radius 2 is 1.92 bits per heavy atom. The highest BCUT2D eigenvalue weighted by Gasteiger charge is 2.20. The van der Waals surface area contributed by atoms with Crippen LogP contribution in [0.2, 0.25) is 0 Å². The van der Waals surface area contributed by atoms with Crippen LogP contribution in [0.15, 0.2) is 73.7 Å². The molecule has 36 heavy (non-hydrogen) atoms. The molecule has 3 aromatic heterocycles. The summed E-state index contributed by atoms with van der Waals surface area (Å²) in [6, 6.07) is 14.5. The number of ether oxygens (including phenoxy) is 3. The molecule has 5 aromatic rings. The van der Waals surface area contributed by atoms with Crippen LogP contribution in [0.25, 0.3) is 22.3 Å². The summed E-state index contributed by atoms with van der Waals surface area (Å²) in [6.45, 7) is 2.87. The molecule has 0 bridgehead atoms. The number of rotatable bonds is 8. The van der Waals surface area contributed by atoms with Crippen LogP contribution < -0.4 is 19.8 Å². The summed E-state index contributed by atoms with van der Waals surface area (Å²) in [4.78, 5) is 22.7. The van der Waals surface area contributed by atoms with Crippen molar-refractivity contribution in [2.75, 3.05) is 13.4 Å². The summed E-state index contributed by atoms with van der Waals surface area (Å²) in [5.74, 6) is 3.71. The minimum Gasteiger partial charge on any atom is -0.494 e. The lowest BCUT2D eigenvalue weighted by Gasteiger charge is -2.12. The molecule has 10 nitrogen and oxygen atoms in total. The summed E-state index contributed by atoms with van der Waals surface area (Å²) in [5, 5.41) is 5.02. The number of fused-ring (bicyclic) bond motifs is 2. The first-order valence-electron chi connectivity index (χ1n) is 11.2. The first-order valence-corrected chi connectivity index (χ1v) is 12.2. The van der Waals surface area contributed by atoms with Crippen LogP contribution in [0.4, 0.5) is 0 Å². The molecule has 0 fully saturated rings. The van der Waals surface area contributed by atoms with E-state index >= 15 is 0 Å². The minimum absolute atomic E-state index is 0.113. The average molecular weight is 505 g/mol. The second-order valence-electron chi connectivity index (χ2n) is 7.85. The zero-order valence-electron chi connectivity index (χ0n) is 19.2. The van der Waals surface area contributed by atoms with Crippen molar-refractivity contribution in [3.05, 3.63) is 76.8 Å². The number of furan rings is 1. The van der Waals surface area contributed by atoms with Crippen molar-refractivity contribution in [3.63, 3.8) is 0 Å². The van der Waals surface area contributed by atoms with E-state index in [1.807, 2.05) is 37.3 Å². The molecule has 0 saturated heterocycles. The van der Waals surface area contributed by atoms with Crippen molar-refractivity contribution in [1.29, 1.82) is 0 Å². The highest BCUT2D eigenvalue weighted by atomic mass is 32.2. The third-order valence-electron chi connectivity index (χ3n) is 5.52. The van der Waals surface area contributed by atoms with Gasteiger partial charge in [-0.25, -0.2) is 4.98 Å². The number of benzene rings is 2. The Morgan fingerprint density at radius 1 is 1.08 bits per heavy atom. The summed E-state index contributed by atoms with van der Waals surface area (Å²) in [6.07, 6.45) is 1.57. The molecule has 2 aromatic carbocycles. The highest BCUT2D eigenvalue weighted by Crippen LogP contribution is 2.35. The van der Waals surface area contributed by atoms with E-state index in [-0.39, 0.29) is 18.9 Å². The Labute approximate surface area is 208 Å². The molecular weight excluding hydrogens is 484 g/mol. The predicted octanol–water partition coefficient (Wildman–Crippen LogP) is 4.51. The third-order valence-corrected chi connectivity index (χ3v) is 6.49. The largest absolute Gasteiger partial charge is 0.494 e. The SMILES string of the molecule is CCOc1ccc(-c2noc(CSc3nc4cc5c(cc4c(=O)n3Cc3ccco3)OCO5)n2)cc1. The standard InChI is InChI=1S/C25H20N4O6S/c1-2-31-16-7-5-15(6-8-16)23-27-22(35-28-23)13-36-25-26-19-11-21-20(33-14-34-21)10-18(19)24(30)29(25)12-17-4-3-9-32-17/h3-11H,2,12-14H2,1H3. The van der Waals surface area contributed by atoms with Gasteiger partial charge in [-0.1, -0.05) is 16.9 Å². The van der Waals surface area contributed by atoms with E-state index in [2.05, 4.69) is 10.1 Å². The van der Waals surface area contributed by atoms with Crippen LogP contribution in [0.1, 0.15) is 18.6 Å². The van der Waals surface area contributed by atoms with Gasteiger partial charge < -0.3 is 23.2 Å². The zero-order chi connectivity index (χ0) is 24.5. The van der Waals surface area contributed by atoms with Gasteiger partial charge in [0, 0.05) is 11.6 Å². The smallest absolute Gasteiger partial charge is 0.262 e. The fraction of sp³-hybridized carbons (Fsp3) is 0.200. The van der Waals surface area contributed by atoms with Crippen molar-refractivity contribution in [2.45, 2.75) is 24.4 Å². The predicted molar refractivity (Wildman–Crippen MR) is 130 cm³/mol. The Bertz CT molecular complexity index is 1580. The quantitative estimate of drug-likeness (QED) is 0.221. The maximum absolute atomic E-state index is 13.5. The van der Waals surface area contributed by atoms with Gasteiger partial charge in [0.1, 0.15) is 11.5 Å². The summed E-state index contributed by atoms with van der Waals surface area (Å²) >= 11 is 1.32. The van der Waals surface area contributed by atoms with Crippen molar-refractivity contribution in [2.24, 2.45) is 0 Å². The lowest BCUT2D eigenvalue weighted by molar-refractivity contribution is 0.174. The molecule has 0 radical (unpaired) electrons. The van der Waals surface area contributed by atoms with Crippen molar-refractivity contribution in [1.82, 2.24) is 19.7 Å². The van der Waals surface area contributed by atoms with Crippen molar-refractivity contribution < 1.29 is 23.2 Å². The van der Waals surface area contributed by atoms with Crippen molar-refractivity contribution >= 4 is 22.7 Å². The number of hydrogen-bond acceptors (Lipinski definition) is 10. The maximum Gasteiger partial charge on any atom is 0.262 e. The highest BCUT2D eigenvalue weighted by molar-refractivity contribution is 7.98. The zero-order valence-corrected chi connectivity index (χ0v) is 20.0. The van der Waals surface area contributed by atoms with Gasteiger partial charge in [-0.05, 0) is 49.4 Å². The normalized spacial score (nSPS) is 12.4. The molecule has 182 valence electrons. The van der Waals surface area contributed by atoms with Crippen LogP contribution in [-0.4, -0.2) is 33.1 Å². The number of nitrogens with zero attached hydrogens (tertiary/aromatic N) is 4. The molecular formula is C25H20N4O6S. The Morgan fingerprint density at radius 3 is 2.69 bits per heavy atom. The van der Waals surface area contributed by atoms with Gasteiger partial charge in [-0.2, -0.15) is 4.98 Å².